The molecular weight excluding hydrogens is 330 g/mol. The third-order valence-corrected chi connectivity index (χ3v) is 5.37. The maximum Gasteiger partial charge on any atom is 0.0520 e. The summed E-state index contributed by atoms with van der Waals surface area (Å²) in [6, 6.07) is 15.3. The fourth-order valence-electron chi connectivity index (χ4n) is 3.66. The van der Waals surface area contributed by atoms with E-state index in [0.29, 0.717) is 12.1 Å². The topological polar surface area (TPSA) is 50.9 Å². The van der Waals surface area contributed by atoms with Crippen LogP contribution in [0.25, 0.3) is 21.9 Å². The van der Waals surface area contributed by atoms with E-state index < -0.39 is 0 Å². The van der Waals surface area contributed by atoms with E-state index >= 15 is 0 Å². The van der Waals surface area contributed by atoms with Crippen molar-refractivity contribution in [2.45, 2.75) is 37.8 Å². The van der Waals surface area contributed by atoms with Crippen molar-refractivity contribution < 1.29 is 0 Å². The fraction of sp³-hybridized carbons (Fsp3) is 0.286. The van der Waals surface area contributed by atoms with Gasteiger partial charge in [-0.05, 0) is 48.8 Å². The molecule has 0 radical (unpaired) electrons. The Labute approximate surface area is 153 Å². The lowest BCUT2D eigenvalue weighted by Crippen LogP contribution is -2.32. The summed E-state index contributed by atoms with van der Waals surface area (Å²) in [6.45, 7) is 0. The van der Waals surface area contributed by atoms with E-state index in [4.69, 9.17) is 17.3 Å². The van der Waals surface area contributed by atoms with Gasteiger partial charge in [0.1, 0.15) is 0 Å². The minimum Gasteiger partial charge on any atom is -0.382 e. The molecule has 0 atom stereocenters. The zero-order chi connectivity index (χ0) is 17.2. The molecule has 4 rings (SSSR count). The lowest BCUT2D eigenvalue weighted by molar-refractivity contribution is 0.411. The third-order valence-electron chi connectivity index (χ3n) is 5.05. The first kappa shape index (κ1) is 16.4. The van der Waals surface area contributed by atoms with Gasteiger partial charge in [-0.3, -0.25) is 4.98 Å². The van der Waals surface area contributed by atoms with Gasteiger partial charge in [0.2, 0.25) is 0 Å². The van der Waals surface area contributed by atoms with Crippen LogP contribution in [-0.2, 0) is 0 Å². The smallest absolute Gasteiger partial charge is 0.0520 e. The second-order valence-corrected chi connectivity index (χ2v) is 7.27. The van der Waals surface area contributed by atoms with Crippen molar-refractivity contribution in [2.75, 3.05) is 5.32 Å². The molecule has 4 heteroatoms. The number of pyridine rings is 1. The van der Waals surface area contributed by atoms with E-state index in [0.717, 1.165) is 58.3 Å². The highest BCUT2D eigenvalue weighted by Crippen LogP contribution is 2.35. The predicted octanol–water partition coefficient (Wildman–Crippen LogP) is 5.24. The van der Waals surface area contributed by atoms with Gasteiger partial charge in [-0.25, -0.2) is 0 Å². The van der Waals surface area contributed by atoms with Crippen LogP contribution in [0.4, 0.5) is 5.69 Å². The number of hydrogen-bond donors (Lipinski definition) is 2. The Hall–Kier alpha value is -2.10. The molecule has 128 valence electrons. The van der Waals surface area contributed by atoms with Crippen LogP contribution in [0.15, 0.2) is 54.9 Å². The zero-order valence-corrected chi connectivity index (χ0v) is 14.8. The monoisotopic (exact) mass is 351 g/mol. The van der Waals surface area contributed by atoms with Crippen molar-refractivity contribution in [1.29, 1.82) is 0 Å². The first-order valence-corrected chi connectivity index (χ1v) is 9.23. The average Bonchev–Trinajstić information content (AvgIpc) is 2.64. The molecule has 1 aromatic heterocycles. The molecule has 1 aliphatic carbocycles. The third kappa shape index (κ3) is 3.48. The van der Waals surface area contributed by atoms with Gasteiger partial charge >= 0.3 is 0 Å². The van der Waals surface area contributed by atoms with Crippen molar-refractivity contribution in [2.24, 2.45) is 5.73 Å². The van der Waals surface area contributed by atoms with Gasteiger partial charge in [0.05, 0.1) is 5.02 Å². The Morgan fingerprint density at radius 3 is 2.48 bits per heavy atom. The number of benzene rings is 2. The number of hydrogen-bond acceptors (Lipinski definition) is 3. The number of aromatic nitrogens is 1. The van der Waals surface area contributed by atoms with E-state index in [2.05, 4.69) is 28.5 Å². The van der Waals surface area contributed by atoms with Crippen LogP contribution >= 0.6 is 11.6 Å². The molecule has 0 spiro atoms. The summed E-state index contributed by atoms with van der Waals surface area (Å²) in [5.74, 6) is 0. The molecule has 1 fully saturated rings. The van der Waals surface area contributed by atoms with Crippen LogP contribution in [-0.4, -0.2) is 17.1 Å². The first-order valence-electron chi connectivity index (χ1n) is 8.85. The van der Waals surface area contributed by atoms with E-state index in [9.17, 15) is 0 Å². The predicted molar refractivity (Wildman–Crippen MR) is 106 cm³/mol. The lowest BCUT2D eigenvalue weighted by atomic mass is 9.91. The Morgan fingerprint density at radius 2 is 1.72 bits per heavy atom. The SMILES string of the molecule is N[C@H]1CC[C@H](Nc2cc(Cl)c3cncc(-c4ccccc4)c3c2)CC1. The largest absolute Gasteiger partial charge is 0.382 e. The standard InChI is InChI=1S/C21H22ClN3/c22-21-11-17(25-16-8-6-15(23)7-9-16)10-18-19(12-24-13-20(18)21)14-4-2-1-3-5-14/h1-5,10-13,15-16,25H,6-9,23H2/t15-,16-. The summed E-state index contributed by atoms with van der Waals surface area (Å²) in [5, 5.41) is 6.50. The molecule has 3 N–H and O–H groups in total. The summed E-state index contributed by atoms with van der Waals surface area (Å²) >= 11 is 6.56. The van der Waals surface area contributed by atoms with E-state index in [1.807, 2.05) is 36.7 Å². The molecule has 2 aromatic carbocycles. The normalized spacial score (nSPS) is 20.6. The number of halogens is 1. The lowest BCUT2D eigenvalue weighted by Gasteiger charge is -2.28. The van der Waals surface area contributed by atoms with Gasteiger partial charge in [0.15, 0.2) is 0 Å². The number of nitrogens with zero attached hydrogens (tertiary/aromatic N) is 1. The van der Waals surface area contributed by atoms with Gasteiger partial charge in [-0.2, -0.15) is 0 Å². The van der Waals surface area contributed by atoms with Crippen LogP contribution in [0.5, 0.6) is 0 Å². The molecule has 0 unspecified atom stereocenters. The van der Waals surface area contributed by atoms with Gasteiger partial charge < -0.3 is 11.1 Å². The van der Waals surface area contributed by atoms with E-state index in [1.165, 1.54) is 0 Å². The van der Waals surface area contributed by atoms with Crippen molar-refractivity contribution in [1.82, 2.24) is 4.98 Å². The summed E-state index contributed by atoms with van der Waals surface area (Å²) < 4.78 is 0. The number of anilines is 1. The molecular formula is C21H22ClN3. The summed E-state index contributed by atoms with van der Waals surface area (Å²) in [7, 11) is 0. The molecule has 3 nitrogen and oxygen atoms in total. The highest BCUT2D eigenvalue weighted by molar-refractivity contribution is 6.36. The Morgan fingerprint density at radius 1 is 0.960 bits per heavy atom. The van der Waals surface area contributed by atoms with Gasteiger partial charge in [-0.1, -0.05) is 41.9 Å². The quantitative estimate of drug-likeness (QED) is 0.678. The number of nitrogens with two attached hydrogens (primary N) is 1. The summed E-state index contributed by atoms with van der Waals surface area (Å²) in [6.07, 6.45) is 8.14. The van der Waals surface area contributed by atoms with Gasteiger partial charge in [-0.15, -0.1) is 0 Å². The number of fused-ring (bicyclic) bond motifs is 1. The second kappa shape index (κ2) is 7.03. The highest BCUT2D eigenvalue weighted by atomic mass is 35.5. The fourth-order valence-corrected chi connectivity index (χ4v) is 3.93. The van der Waals surface area contributed by atoms with E-state index in [1.54, 1.807) is 0 Å². The Bertz CT molecular complexity index is 871. The first-order chi connectivity index (χ1) is 12.2. The summed E-state index contributed by atoms with van der Waals surface area (Å²) in [4.78, 5) is 4.38. The maximum absolute atomic E-state index is 6.56. The number of nitrogens with one attached hydrogen (secondary N) is 1. The van der Waals surface area contributed by atoms with Crippen LogP contribution in [0, 0.1) is 0 Å². The van der Waals surface area contributed by atoms with Crippen molar-refractivity contribution in [3.8, 4) is 11.1 Å². The highest BCUT2D eigenvalue weighted by Gasteiger charge is 2.19. The number of rotatable bonds is 3. The Balaban J connectivity index is 1.72. The summed E-state index contributed by atoms with van der Waals surface area (Å²) in [5.41, 5.74) is 9.34. The van der Waals surface area contributed by atoms with Crippen LogP contribution < -0.4 is 11.1 Å². The van der Waals surface area contributed by atoms with Crippen LogP contribution in [0.3, 0.4) is 0 Å². The average molecular weight is 352 g/mol. The van der Waals surface area contributed by atoms with Crippen LogP contribution in [0.1, 0.15) is 25.7 Å². The molecule has 1 saturated carbocycles. The van der Waals surface area contributed by atoms with Crippen molar-refractivity contribution in [3.63, 3.8) is 0 Å². The Kier molecular flexibility index (Phi) is 4.60. The molecule has 25 heavy (non-hydrogen) atoms. The van der Waals surface area contributed by atoms with Crippen molar-refractivity contribution in [3.05, 3.63) is 59.9 Å². The molecule has 0 aliphatic heterocycles. The minimum atomic E-state index is 0.356. The van der Waals surface area contributed by atoms with Crippen molar-refractivity contribution >= 4 is 28.1 Å². The van der Waals surface area contributed by atoms with Gasteiger partial charge in [0.25, 0.3) is 0 Å². The minimum absolute atomic E-state index is 0.356. The molecule has 1 heterocycles. The molecule has 1 aliphatic rings. The van der Waals surface area contributed by atoms with Gasteiger partial charge in [0, 0.05) is 41.1 Å². The molecule has 0 bridgehead atoms. The molecule has 0 saturated heterocycles. The zero-order valence-electron chi connectivity index (χ0n) is 14.1. The molecule has 3 aromatic rings. The van der Waals surface area contributed by atoms with Crippen LogP contribution in [0.2, 0.25) is 5.02 Å². The maximum atomic E-state index is 6.56. The van der Waals surface area contributed by atoms with E-state index in [-0.39, 0.29) is 0 Å². The molecule has 0 amide bonds. The second-order valence-electron chi connectivity index (χ2n) is 6.86.